The van der Waals surface area contributed by atoms with E-state index in [0.29, 0.717) is 12.5 Å². The summed E-state index contributed by atoms with van der Waals surface area (Å²) in [6.45, 7) is 6.63. The van der Waals surface area contributed by atoms with Crippen molar-refractivity contribution in [3.63, 3.8) is 0 Å². The second-order valence-electron chi connectivity index (χ2n) is 7.41. The van der Waals surface area contributed by atoms with E-state index >= 15 is 0 Å². The number of nitrogens with one attached hydrogen (secondary N) is 1. The molecule has 2 saturated heterocycles. The molecule has 1 aromatic rings. The van der Waals surface area contributed by atoms with E-state index in [1.54, 1.807) is 0 Å². The first kappa shape index (κ1) is 21.0. The van der Waals surface area contributed by atoms with Crippen LogP contribution in [0.25, 0.3) is 0 Å². The molecule has 0 radical (unpaired) electrons. The molecule has 0 atom stereocenters. The Kier molecular flexibility index (Phi) is 8.73. The number of amides is 1. The average Bonchev–Trinajstić information content (AvgIpc) is 2.68. The van der Waals surface area contributed by atoms with Gasteiger partial charge >= 0.3 is 0 Å². The number of halogens is 1. The van der Waals surface area contributed by atoms with E-state index in [1.807, 2.05) is 6.92 Å². The summed E-state index contributed by atoms with van der Waals surface area (Å²) in [5.41, 5.74) is 1.39. The Morgan fingerprint density at radius 1 is 1.12 bits per heavy atom. The molecule has 5 heteroatoms. The van der Waals surface area contributed by atoms with Crippen LogP contribution in [0.4, 0.5) is 0 Å². The molecular formula is C21H33ClN2O2. The minimum Gasteiger partial charge on any atom is -0.494 e. The molecule has 4 nitrogen and oxygen atoms in total. The summed E-state index contributed by atoms with van der Waals surface area (Å²) in [7, 11) is 0. The number of nitrogens with zero attached hydrogens (tertiary/aromatic N) is 1. The highest BCUT2D eigenvalue weighted by Gasteiger charge is 2.28. The number of ether oxygens (including phenoxy) is 1. The average molecular weight is 381 g/mol. The highest BCUT2D eigenvalue weighted by molar-refractivity contribution is 5.85. The molecule has 3 rings (SSSR count). The number of benzene rings is 1. The lowest BCUT2D eigenvalue weighted by molar-refractivity contribution is -0.137. The Balaban J connectivity index is 0.00000243. The number of hydrogen-bond donors (Lipinski definition) is 1. The molecule has 0 aromatic heterocycles. The fourth-order valence-electron chi connectivity index (χ4n) is 4.06. The third-order valence-corrected chi connectivity index (χ3v) is 5.69. The Bertz CT molecular complexity index is 535. The first-order valence-electron chi connectivity index (χ1n) is 9.97. The number of carbonyl (C=O) groups excluding carboxylic acids is 1. The molecule has 0 spiro atoms. The summed E-state index contributed by atoms with van der Waals surface area (Å²) < 4.78 is 5.50. The molecule has 26 heavy (non-hydrogen) atoms. The standard InChI is InChI=1S/C21H32N2O2.ClH/c1-2-25-20-7-5-17(6-8-20)3-4-18-11-15-23(16-12-18)21(24)19-9-13-22-14-10-19;/h5-8,18-19,22H,2-4,9-16H2,1H3;1H. The van der Waals surface area contributed by atoms with E-state index in [2.05, 4.69) is 34.5 Å². The molecular weight excluding hydrogens is 348 g/mol. The van der Waals surface area contributed by atoms with Crippen molar-refractivity contribution in [1.29, 1.82) is 0 Å². The molecule has 1 N–H and O–H groups in total. The zero-order chi connectivity index (χ0) is 17.5. The first-order chi connectivity index (χ1) is 12.3. The van der Waals surface area contributed by atoms with Gasteiger partial charge in [-0.05, 0) is 82.2 Å². The van der Waals surface area contributed by atoms with E-state index in [9.17, 15) is 4.79 Å². The molecule has 1 amide bonds. The molecule has 0 unspecified atom stereocenters. The number of carbonyl (C=O) groups is 1. The van der Waals surface area contributed by atoms with Gasteiger partial charge in [0.25, 0.3) is 0 Å². The smallest absolute Gasteiger partial charge is 0.225 e. The maximum atomic E-state index is 12.6. The van der Waals surface area contributed by atoms with Crippen molar-refractivity contribution in [2.75, 3.05) is 32.8 Å². The molecule has 2 aliphatic rings. The molecule has 2 fully saturated rings. The monoisotopic (exact) mass is 380 g/mol. The summed E-state index contributed by atoms with van der Waals surface area (Å²) in [4.78, 5) is 14.7. The van der Waals surface area contributed by atoms with Gasteiger partial charge in [-0.1, -0.05) is 12.1 Å². The van der Waals surface area contributed by atoms with Gasteiger partial charge in [0.2, 0.25) is 5.91 Å². The normalized spacial score (nSPS) is 19.0. The van der Waals surface area contributed by atoms with E-state index < -0.39 is 0 Å². The molecule has 2 aliphatic heterocycles. The minimum atomic E-state index is 0. The highest BCUT2D eigenvalue weighted by Crippen LogP contribution is 2.25. The zero-order valence-corrected chi connectivity index (χ0v) is 16.7. The van der Waals surface area contributed by atoms with Crippen LogP contribution in [0.5, 0.6) is 5.75 Å². The fourth-order valence-corrected chi connectivity index (χ4v) is 4.06. The van der Waals surface area contributed by atoms with Gasteiger partial charge in [0, 0.05) is 19.0 Å². The van der Waals surface area contributed by atoms with Crippen molar-refractivity contribution in [1.82, 2.24) is 10.2 Å². The number of likely N-dealkylation sites (tertiary alicyclic amines) is 1. The molecule has 0 bridgehead atoms. The Morgan fingerprint density at radius 3 is 2.38 bits per heavy atom. The molecule has 146 valence electrons. The Hall–Kier alpha value is -1.26. The highest BCUT2D eigenvalue weighted by atomic mass is 35.5. The molecule has 0 saturated carbocycles. The van der Waals surface area contributed by atoms with Crippen LogP contribution < -0.4 is 10.1 Å². The predicted octanol–water partition coefficient (Wildman–Crippen LogP) is 3.68. The third kappa shape index (κ3) is 5.88. The van der Waals surface area contributed by atoms with Gasteiger partial charge in [0.05, 0.1) is 6.61 Å². The first-order valence-corrected chi connectivity index (χ1v) is 9.97. The lowest BCUT2D eigenvalue weighted by Crippen LogP contribution is -2.44. The van der Waals surface area contributed by atoms with Crippen LogP contribution in [0, 0.1) is 11.8 Å². The van der Waals surface area contributed by atoms with E-state index in [1.165, 1.54) is 12.0 Å². The number of piperidine rings is 2. The Morgan fingerprint density at radius 2 is 1.77 bits per heavy atom. The van der Waals surface area contributed by atoms with Crippen molar-refractivity contribution in [2.45, 2.75) is 45.4 Å². The molecule has 2 heterocycles. The fraction of sp³-hybridized carbons (Fsp3) is 0.667. The Labute approximate surface area is 164 Å². The van der Waals surface area contributed by atoms with Gasteiger partial charge in [0.1, 0.15) is 5.75 Å². The second-order valence-corrected chi connectivity index (χ2v) is 7.41. The van der Waals surface area contributed by atoms with E-state index in [-0.39, 0.29) is 18.3 Å². The van der Waals surface area contributed by atoms with Gasteiger partial charge in [-0.3, -0.25) is 4.79 Å². The minimum absolute atomic E-state index is 0. The van der Waals surface area contributed by atoms with Crippen LogP contribution in [0.15, 0.2) is 24.3 Å². The maximum absolute atomic E-state index is 12.6. The van der Waals surface area contributed by atoms with Gasteiger partial charge in [0.15, 0.2) is 0 Å². The summed E-state index contributed by atoms with van der Waals surface area (Å²) in [5, 5.41) is 3.34. The van der Waals surface area contributed by atoms with Crippen molar-refractivity contribution in [3.8, 4) is 5.75 Å². The third-order valence-electron chi connectivity index (χ3n) is 5.69. The zero-order valence-electron chi connectivity index (χ0n) is 15.9. The molecule has 1 aromatic carbocycles. The maximum Gasteiger partial charge on any atom is 0.225 e. The summed E-state index contributed by atoms with van der Waals surface area (Å²) in [6, 6.07) is 8.50. The lowest BCUT2D eigenvalue weighted by atomic mass is 9.89. The summed E-state index contributed by atoms with van der Waals surface area (Å²) in [6.07, 6.45) is 6.69. The van der Waals surface area contributed by atoms with Crippen LogP contribution >= 0.6 is 12.4 Å². The van der Waals surface area contributed by atoms with Crippen LogP contribution in [0.2, 0.25) is 0 Å². The predicted molar refractivity (Wildman–Crippen MR) is 108 cm³/mol. The summed E-state index contributed by atoms with van der Waals surface area (Å²) >= 11 is 0. The number of rotatable bonds is 6. The van der Waals surface area contributed by atoms with Gasteiger partial charge in [-0.2, -0.15) is 0 Å². The van der Waals surface area contributed by atoms with Gasteiger partial charge < -0.3 is 15.0 Å². The quantitative estimate of drug-likeness (QED) is 0.818. The van der Waals surface area contributed by atoms with E-state index in [4.69, 9.17) is 4.74 Å². The number of aryl methyl sites for hydroxylation is 1. The van der Waals surface area contributed by atoms with Gasteiger partial charge in [-0.25, -0.2) is 0 Å². The van der Waals surface area contributed by atoms with Crippen molar-refractivity contribution >= 4 is 18.3 Å². The van der Waals surface area contributed by atoms with Crippen molar-refractivity contribution in [3.05, 3.63) is 29.8 Å². The molecule has 0 aliphatic carbocycles. The van der Waals surface area contributed by atoms with Gasteiger partial charge in [-0.15, -0.1) is 12.4 Å². The largest absolute Gasteiger partial charge is 0.494 e. The SMILES string of the molecule is CCOc1ccc(CCC2CCN(C(=O)C3CCNCC3)CC2)cc1.Cl. The van der Waals surface area contributed by atoms with E-state index in [0.717, 1.165) is 70.0 Å². The van der Waals surface area contributed by atoms with Crippen LogP contribution in [-0.4, -0.2) is 43.6 Å². The number of hydrogen-bond acceptors (Lipinski definition) is 3. The van der Waals surface area contributed by atoms with Crippen LogP contribution in [0.3, 0.4) is 0 Å². The van der Waals surface area contributed by atoms with Crippen molar-refractivity contribution < 1.29 is 9.53 Å². The van der Waals surface area contributed by atoms with Crippen LogP contribution in [-0.2, 0) is 11.2 Å². The topological polar surface area (TPSA) is 41.6 Å². The second kappa shape index (κ2) is 10.8. The summed E-state index contributed by atoms with van der Waals surface area (Å²) in [5.74, 6) is 2.38. The van der Waals surface area contributed by atoms with Crippen LogP contribution in [0.1, 0.15) is 44.6 Å². The lowest BCUT2D eigenvalue weighted by Gasteiger charge is -2.35. The van der Waals surface area contributed by atoms with Crippen molar-refractivity contribution in [2.24, 2.45) is 11.8 Å².